The molecular weight excluding hydrogens is 753 g/mol. The summed E-state index contributed by atoms with van der Waals surface area (Å²) in [4.78, 5) is 32.1. The number of carbonyl (C=O) groups is 1. The lowest BCUT2D eigenvalue weighted by Crippen LogP contribution is -2.32. The number of amides is 1. The van der Waals surface area contributed by atoms with Gasteiger partial charge in [0.1, 0.15) is 21.7 Å². The van der Waals surface area contributed by atoms with E-state index in [0.29, 0.717) is 18.4 Å². The fourth-order valence-corrected chi connectivity index (χ4v) is 9.91. The van der Waals surface area contributed by atoms with Crippen LogP contribution >= 0.6 is 22.7 Å². The topological polar surface area (TPSA) is 160 Å². The second kappa shape index (κ2) is 17.1. The number of rotatable bonds is 8. The van der Waals surface area contributed by atoms with Crippen LogP contribution in [0.15, 0.2) is 60.9 Å². The molecule has 13 nitrogen and oxygen atoms in total. The summed E-state index contributed by atoms with van der Waals surface area (Å²) in [5.74, 6) is 2.81. The van der Waals surface area contributed by atoms with E-state index >= 15 is 0 Å². The van der Waals surface area contributed by atoms with E-state index in [-0.39, 0.29) is 5.91 Å². The number of aromatic nitrogens is 8. The van der Waals surface area contributed by atoms with E-state index in [4.69, 9.17) is 9.97 Å². The van der Waals surface area contributed by atoms with Crippen molar-refractivity contribution in [2.24, 2.45) is 0 Å². The smallest absolute Gasteiger partial charge is 0.219 e. The minimum absolute atomic E-state index is 0.118. The number of hydrogen-bond donors (Lipinski definition) is 3. The summed E-state index contributed by atoms with van der Waals surface area (Å²) in [6.07, 6.45) is 20.2. The third-order valence-electron chi connectivity index (χ3n) is 11.3. The molecule has 0 radical (unpaired) electrons. The van der Waals surface area contributed by atoms with Crippen molar-refractivity contribution < 1.29 is 4.79 Å². The fourth-order valence-electron chi connectivity index (χ4n) is 8.07. The molecule has 15 heteroatoms. The first-order chi connectivity index (χ1) is 28.0. The van der Waals surface area contributed by atoms with Crippen LogP contribution in [0.25, 0.3) is 33.2 Å². The first-order valence-electron chi connectivity index (χ1n) is 20.1. The third-order valence-corrected chi connectivity index (χ3v) is 13.3. The fraction of sp³-hybridized carbons (Fsp3) is 0.405. The van der Waals surface area contributed by atoms with Crippen LogP contribution in [0.4, 0.5) is 21.9 Å². The maximum atomic E-state index is 11.5. The number of nitrogens with one attached hydrogen (secondary N) is 3. The normalized spacial score (nSPS) is 17.7. The highest BCUT2D eigenvalue weighted by Crippen LogP contribution is 2.38. The molecule has 2 aliphatic carbocycles. The Morgan fingerprint density at radius 1 is 0.702 bits per heavy atom. The van der Waals surface area contributed by atoms with Crippen molar-refractivity contribution in [3.8, 4) is 0 Å². The minimum atomic E-state index is 0.118. The monoisotopic (exact) mass is 798 g/mol. The summed E-state index contributed by atoms with van der Waals surface area (Å²) in [5, 5.41) is 31.2. The third kappa shape index (κ3) is 8.85. The summed E-state index contributed by atoms with van der Waals surface area (Å²) in [6, 6.07) is 12.1. The number of fused-ring (bicyclic) bond motifs is 2. The standard InChI is InChI=1S/C22H24N6OS.C20H22N6S/c1-14(29)28-10-8-15(9-11-28)17-12-19-18(23-13-17)6-7-20(24-19)25-22-27-26-21(30-22)16-4-2-3-5-16;1-2-4-14(3-1)19-25-26-20(27-19)24-18-6-5-16-17(23-18)11-15(12-22-16)13-7-9-21-10-8-13/h6-8,12-13,16H,2-5,9-11H2,1H3,(H,24,25,27);5-7,11-12,14,21H,1-4,8-10H2,(H,23,24,26). The zero-order valence-corrected chi connectivity index (χ0v) is 33.7. The maximum absolute atomic E-state index is 11.5. The molecule has 6 aromatic rings. The van der Waals surface area contributed by atoms with Crippen molar-refractivity contribution in [3.63, 3.8) is 0 Å². The molecule has 4 aliphatic rings. The molecule has 2 fully saturated rings. The summed E-state index contributed by atoms with van der Waals surface area (Å²) >= 11 is 3.28. The lowest BCUT2D eigenvalue weighted by Gasteiger charge is -2.25. The summed E-state index contributed by atoms with van der Waals surface area (Å²) < 4.78 is 0. The van der Waals surface area contributed by atoms with Gasteiger partial charge in [0.25, 0.3) is 0 Å². The number of nitrogens with zero attached hydrogens (tertiary/aromatic N) is 9. The zero-order valence-electron chi connectivity index (χ0n) is 32.1. The Morgan fingerprint density at radius 3 is 1.72 bits per heavy atom. The van der Waals surface area contributed by atoms with Crippen LogP contribution in [-0.4, -0.2) is 77.3 Å². The van der Waals surface area contributed by atoms with Gasteiger partial charge < -0.3 is 20.9 Å². The molecule has 0 saturated heterocycles. The van der Waals surface area contributed by atoms with Gasteiger partial charge in [0.2, 0.25) is 16.2 Å². The van der Waals surface area contributed by atoms with E-state index in [9.17, 15) is 4.79 Å². The Bertz CT molecular complexity index is 2450. The van der Waals surface area contributed by atoms with Gasteiger partial charge in [0, 0.05) is 50.8 Å². The Hall–Kier alpha value is -5.25. The molecular formula is C42H46N12OS2. The second-order valence-electron chi connectivity index (χ2n) is 15.1. The van der Waals surface area contributed by atoms with E-state index in [2.05, 4.69) is 70.6 Å². The van der Waals surface area contributed by atoms with Gasteiger partial charge in [-0.2, -0.15) is 0 Å². The quantitative estimate of drug-likeness (QED) is 0.135. The highest BCUT2D eigenvalue weighted by Gasteiger charge is 2.23. The Kier molecular flexibility index (Phi) is 11.2. The second-order valence-corrected chi connectivity index (χ2v) is 17.2. The average molecular weight is 799 g/mol. The van der Waals surface area contributed by atoms with Crippen LogP contribution < -0.4 is 16.0 Å². The lowest BCUT2D eigenvalue weighted by atomic mass is 10.0. The maximum Gasteiger partial charge on any atom is 0.219 e. The van der Waals surface area contributed by atoms with Crippen molar-refractivity contribution in [2.45, 2.75) is 83.0 Å². The molecule has 8 heterocycles. The van der Waals surface area contributed by atoms with E-state index in [1.165, 1.54) is 62.5 Å². The molecule has 10 rings (SSSR count). The van der Waals surface area contributed by atoms with Crippen LogP contribution in [0.3, 0.4) is 0 Å². The van der Waals surface area contributed by atoms with Crippen LogP contribution in [0.2, 0.25) is 0 Å². The van der Waals surface area contributed by atoms with E-state index in [0.717, 1.165) is 97.6 Å². The zero-order chi connectivity index (χ0) is 38.6. The summed E-state index contributed by atoms with van der Waals surface area (Å²) in [6.45, 7) is 4.94. The highest BCUT2D eigenvalue weighted by molar-refractivity contribution is 7.15. The molecule has 0 bridgehead atoms. The van der Waals surface area contributed by atoms with Gasteiger partial charge in [0.15, 0.2) is 0 Å². The number of carbonyl (C=O) groups excluding carboxylic acids is 1. The van der Waals surface area contributed by atoms with E-state index in [1.54, 1.807) is 29.6 Å². The van der Waals surface area contributed by atoms with Crippen molar-refractivity contribution in [3.05, 3.63) is 82.1 Å². The van der Waals surface area contributed by atoms with Crippen LogP contribution in [-0.2, 0) is 4.79 Å². The largest absolute Gasteiger partial charge is 0.339 e. The number of pyridine rings is 4. The SMILES string of the molecule is C1=C(c2cnc3ccc(Nc4nnc(C5CCCC5)s4)nc3c2)CCNC1.CC(=O)N1CC=C(c2cnc3ccc(Nc4nnc(C5CCCC5)s4)nc3c2)CC1. The first-order valence-corrected chi connectivity index (χ1v) is 21.7. The molecule has 2 saturated carbocycles. The number of hydrogen-bond acceptors (Lipinski definition) is 14. The predicted molar refractivity (Wildman–Crippen MR) is 228 cm³/mol. The van der Waals surface area contributed by atoms with Crippen LogP contribution in [0.5, 0.6) is 0 Å². The molecule has 6 aromatic heterocycles. The van der Waals surface area contributed by atoms with Crippen molar-refractivity contribution >= 4 is 83.7 Å². The first kappa shape index (κ1) is 37.3. The lowest BCUT2D eigenvalue weighted by molar-refractivity contribution is -0.128. The molecule has 0 unspecified atom stereocenters. The average Bonchev–Trinajstić information content (AvgIpc) is 4.10. The molecule has 292 valence electrons. The van der Waals surface area contributed by atoms with Gasteiger partial charge in [-0.25, -0.2) is 9.97 Å². The van der Waals surface area contributed by atoms with Gasteiger partial charge in [-0.05, 0) is 104 Å². The molecule has 0 spiro atoms. The van der Waals surface area contributed by atoms with E-state index in [1.807, 2.05) is 41.6 Å². The summed E-state index contributed by atoms with van der Waals surface area (Å²) in [5.41, 5.74) is 8.28. The molecule has 57 heavy (non-hydrogen) atoms. The Morgan fingerprint density at radius 2 is 1.25 bits per heavy atom. The number of anilines is 4. The van der Waals surface area contributed by atoms with Gasteiger partial charge >= 0.3 is 0 Å². The highest BCUT2D eigenvalue weighted by atomic mass is 32.1. The van der Waals surface area contributed by atoms with Crippen molar-refractivity contribution in [2.75, 3.05) is 36.8 Å². The van der Waals surface area contributed by atoms with Gasteiger partial charge in [-0.1, -0.05) is 60.5 Å². The molecule has 0 aromatic carbocycles. The van der Waals surface area contributed by atoms with Crippen LogP contribution in [0.1, 0.15) is 104 Å². The summed E-state index contributed by atoms with van der Waals surface area (Å²) in [7, 11) is 0. The minimum Gasteiger partial charge on any atom is -0.339 e. The Balaban J connectivity index is 0.000000149. The molecule has 3 N–H and O–H groups in total. The molecule has 0 atom stereocenters. The van der Waals surface area contributed by atoms with Crippen LogP contribution in [0, 0.1) is 0 Å². The van der Waals surface area contributed by atoms with Gasteiger partial charge in [-0.15, -0.1) is 20.4 Å². The van der Waals surface area contributed by atoms with E-state index < -0.39 is 0 Å². The Labute approximate surface area is 339 Å². The van der Waals surface area contributed by atoms with Crippen molar-refractivity contribution in [1.82, 2.24) is 50.5 Å². The molecule has 2 aliphatic heterocycles. The predicted octanol–water partition coefficient (Wildman–Crippen LogP) is 8.78. The van der Waals surface area contributed by atoms with Gasteiger partial charge in [-0.3, -0.25) is 14.8 Å². The molecule has 1 amide bonds. The van der Waals surface area contributed by atoms with Crippen molar-refractivity contribution in [1.29, 1.82) is 0 Å². The van der Waals surface area contributed by atoms with Gasteiger partial charge in [0.05, 0.1) is 22.1 Å².